The molecule has 1 saturated heterocycles. The molecule has 5 rings (SSSR count). The lowest BCUT2D eigenvalue weighted by Crippen LogP contribution is -2.39. The van der Waals surface area contributed by atoms with Crippen LogP contribution in [0.5, 0.6) is 5.75 Å². The van der Waals surface area contributed by atoms with Gasteiger partial charge in [0.05, 0.1) is 6.04 Å². The maximum absolute atomic E-state index is 13.1. The van der Waals surface area contributed by atoms with Gasteiger partial charge in [0, 0.05) is 36.0 Å². The number of benzene rings is 1. The SMILES string of the molecule is Cc1cc(COc2cccc(C(=O)N[C@@H]3CN(C)C[C@@H]3c3n[nH]c(=O)s3)c2)c2c(n1)CCCC2. The van der Waals surface area contributed by atoms with Gasteiger partial charge >= 0.3 is 4.87 Å². The van der Waals surface area contributed by atoms with Gasteiger partial charge in [-0.05, 0) is 75.0 Å². The third-order valence-electron chi connectivity index (χ3n) is 6.60. The lowest BCUT2D eigenvalue weighted by atomic mass is 9.92. The van der Waals surface area contributed by atoms with E-state index in [2.05, 4.69) is 26.5 Å². The summed E-state index contributed by atoms with van der Waals surface area (Å²) in [7, 11) is 2.00. The normalized spacial score (nSPS) is 20.2. The van der Waals surface area contributed by atoms with Gasteiger partial charge in [-0.15, -0.1) is 0 Å². The second-order valence-corrected chi connectivity index (χ2v) is 10.2. The molecule has 1 amide bonds. The van der Waals surface area contributed by atoms with Gasteiger partial charge in [0.2, 0.25) is 0 Å². The Balaban J connectivity index is 1.27. The first kappa shape index (κ1) is 22.7. The van der Waals surface area contributed by atoms with Gasteiger partial charge < -0.3 is 15.0 Å². The molecule has 3 aromatic rings. The molecule has 0 bridgehead atoms. The summed E-state index contributed by atoms with van der Waals surface area (Å²) in [6.07, 6.45) is 4.46. The fourth-order valence-electron chi connectivity index (χ4n) is 5.01. The molecule has 0 spiro atoms. The molecule has 2 N–H and O–H groups in total. The zero-order valence-corrected chi connectivity index (χ0v) is 20.3. The summed E-state index contributed by atoms with van der Waals surface area (Å²) < 4.78 is 6.12. The van der Waals surface area contributed by atoms with E-state index in [-0.39, 0.29) is 22.7 Å². The van der Waals surface area contributed by atoms with Crippen molar-refractivity contribution in [2.24, 2.45) is 0 Å². The van der Waals surface area contributed by atoms with Crippen molar-refractivity contribution in [2.45, 2.75) is 51.2 Å². The number of aromatic nitrogens is 3. The summed E-state index contributed by atoms with van der Waals surface area (Å²) in [5.41, 5.74) is 5.28. The van der Waals surface area contributed by atoms with Gasteiger partial charge in [0.1, 0.15) is 17.4 Å². The van der Waals surface area contributed by atoms with E-state index in [1.807, 2.05) is 26.1 Å². The highest BCUT2D eigenvalue weighted by Crippen LogP contribution is 2.28. The molecule has 0 unspecified atom stereocenters. The number of rotatable bonds is 6. The number of nitrogens with zero attached hydrogens (tertiary/aromatic N) is 3. The number of carbonyl (C=O) groups excluding carboxylic acids is 1. The van der Waals surface area contributed by atoms with E-state index in [1.54, 1.807) is 12.1 Å². The van der Waals surface area contributed by atoms with Crippen molar-refractivity contribution in [1.82, 2.24) is 25.4 Å². The lowest BCUT2D eigenvalue weighted by Gasteiger charge is -2.20. The zero-order chi connectivity index (χ0) is 23.7. The Bertz CT molecular complexity index is 1250. The van der Waals surface area contributed by atoms with Crippen LogP contribution in [0.15, 0.2) is 35.1 Å². The number of fused-ring (bicyclic) bond motifs is 1. The molecule has 3 heterocycles. The van der Waals surface area contributed by atoms with E-state index < -0.39 is 0 Å². The molecule has 178 valence electrons. The highest BCUT2D eigenvalue weighted by Gasteiger charge is 2.35. The molecule has 8 nitrogen and oxygen atoms in total. The number of likely N-dealkylation sites (tertiary alicyclic amines) is 1. The minimum absolute atomic E-state index is 0.0153. The first-order valence-electron chi connectivity index (χ1n) is 11.7. The van der Waals surface area contributed by atoms with Crippen LogP contribution in [0.3, 0.4) is 0 Å². The second-order valence-electron chi connectivity index (χ2n) is 9.23. The van der Waals surface area contributed by atoms with Crippen molar-refractivity contribution in [2.75, 3.05) is 20.1 Å². The van der Waals surface area contributed by atoms with Crippen molar-refractivity contribution in [3.8, 4) is 5.75 Å². The van der Waals surface area contributed by atoms with Crippen molar-refractivity contribution >= 4 is 17.2 Å². The number of aromatic amines is 1. The number of ether oxygens (including phenoxy) is 1. The van der Waals surface area contributed by atoms with Crippen molar-refractivity contribution in [3.05, 3.63) is 73.1 Å². The molecule has 1 aliphatic heterocycles. The molecule has 2 aliphatic rings. The van der Waals surface area contributed by atoms with Gasteiger partial charge in [-0.25, -0.2) is 5.10 Å². The summed E-state index contributed by atoms with van der Waals surface area (Å²) >= 11 is 1.11. The second kappa shape index (κ2) is 9.68. The fraction of sp³-hybridized carbons (Fsp3) is 0.440. The highest BCUT2D eigenvalue weighted by atomic mass is 32.1. The summed E-state index contributed by atoms with van der Waals surface area (Å²) in [6, 6.07) is 9.30. The van der Waals surface area contributed by atoms with Crippen LogP contribution in [0, 0.1) is 6.92 Å². The Morgan fingerprint density at radius 3 is 2.94 bits per heavy atom. The predicted octanol–water partition coefficient (Wildman–Crippen LogP) is 2.82. The Kier molecular flexibility index (Phi) is 6.47. The van der Waals surface area contributed by atoms with E-state index in [4.69, 9.17) is 9.72 Å². The number of amides is 1. The fourth-order valence-corrected chi connectivity index (χ4v) is 5.77. The van der Waals surface area contributed by atoms with Crippen LogP contribution >= 0.6 is 11.3 Å². The molecule has 0 radical (unpaired) electrons. The van der Waals surface area contributed by atoms with E-state index in [1.165, 1.54) is 29.7 Å². The van der Waals surface area contributed by atoms with Crippen LogP contribution in [0.4, 0.5) is 0 Å². The number of likely N-dealkylation sites (N-methyl/N-ethyl adjacent to an activating group) is 1. The maximum atomic E-state index is 13.1. The summed E-state index contributed by atoms with van der Waals surface area (Å²) in [6.45, 7) is 3.93. The molecule has 2 atom stereocenters. The molecule has 34 heavy (non-hydrogen) atoms. The third kappa shape index (κ3) is 4.90. The zero-order valence-electron chi connectivity index (χ0n) is 19.5. The smallest absolute Gasteiger partial charge is 0.322 e. The molecular formula is C25H29N5O3S. The first-order chi connectivity index (χ1) is 16.5. The Morgan fingerprint density at radius 2 is 2.12 bits per heavy atom. The van der Waals surface area contributed by atoms with Gasteiger partial charge in [-0.1, -0.05) is 17.4 Å². The van der Waals surface area contributed by atoms with Gasteiger partial charge in [0.25, 0.3) is 5.91 Å². The molecule has 0 saturated carbocycles. The van der Waals surface area contributed by atoms with Gasteiger partial charge in [0.15, 0.2) is 0 Å². The molecular weight excluding hydrogens is 450 g/mol. The van der Waals surface area contributed by atoms with Crippen molar-refractivity contribution in [1.29, 1.82) is 0 Å². The standard InChI is InChI=1S/C25H29N5O3S/c1-15-10-17(19-8-3-4-9-21(19)26-15)14-33-18-7-5-6-16(11-18)23(31)27-22-13-30(2)12-20(22)24-28-29-25(32)34-24/h5-7,10-11,20,22H,3-4,8-9,12-14H2,1-2H3,(H,27,31)(H,29,32)/t20-,22+/m0/s1. The summed E-state index contributed by atoms with van der Waals surface area (Å²) in [5.74, 6) is 0.492. The average molecular weight is 480 g/mol. The molecule has 1 aliphatic carbocycles. The number of nitrogens with one attached hydrogen (secondary N) is 2. The molecule has 1 aromatic carbocycles. The molecule has 1 fully saturated rings. The number of H-pyrrole nitrogens is 1. The summed E-state index contributed by atoms with van der Waals surface area (Å²) in [4.78, 5) is 31.3. The molecule has 9 heteroatoms. The van der Waals surface area contributed by atoms with Crippen LogP contribution in [0.1, 0.15) is 56.6 Å². The monoisotopic (exact) mass is 479 g/mol. The number of pyridine rings is 1. The largest absolute Gasteiger partial charge is 0.489 e. The summed E-state index contributed by atoms with van der Waals surface area (Å²) in [5, 5.41) is 10.5. The number of hydrogen-bond donors (Lipinski definition) is 2. The third-order valence-corrected chi connectivity index (χ3v) is 7.48. The van der Waals surface area contributed by atoms with E-state index in [0.29, 0.717) is 24.5 Å². The Hall–Kier alpha value is -3.04. The van der Waals surface area contributed by atoms with Crippen LogP contribution in [0.25, 0.3) is 0 Å². The van der Waals surface area contributed by atoms with E-state index >= 15 is 0 Å². The number of carbonyl (C=O) groups is 1. The Labute approximate surface area is 202 Å². The van der Waals surface area contributed by atoms with Gasteiger partial charge in [-0.2, -0.15) is 5.10 Å². The minimum atomic E-state index is -0.176. The predicted molar refractivity (Wildman–Crippen MR) is 131 cm³/mol. The van der Waals surface area contributed by atoms with E-state index in [0.717, 1.165) is 41.4 Å². The highest BCUT2D eigenvalue weighted by molar-refractivity contribution is 7.08. The topological polar surface area (TPSA) is 100 Å². The van der Waals surface area contributed by atoms with Crippen molar-refractivity contribution in [3.63, 3.8) is 0 Å². The molecule has 2 aromatic heterocycles. The number of hydrogen-bond acceptors (Lipinski definition) is 7. The minimum Gasteiger partial charge on any atom is -0.489 e. The lowest BCUT2D eigenvalue weighted by molar-refractivity contribution is 0.0935. The number of aryl methyl sites for hydroxylation is 2. The van der Waals surface area contributed by atoms with Crippen LogP contribution < -0.4 is 14.9 Å². The van der Waals surface area contributed by atoms with E-state index in [9.17, 15) is 9.59 Å². The van der Waals surface area contributed by atoms with Gasteiger partial charge in [-0.3, -0.25) is 14.6 Å². The quantitative estimate of drug-likeness (QED) is 0.564. The van der Waals surface area contributed by atoms with Crippen LogP contribution in [-0.4, -0.2) is 52.2 Å². The maximum Gasteiger partial charge on any atom is 0.322 e. The Morgan fingerprint density at radius 1 is 1.26 bits per heavy atom. The average Bonchev–Trinajstić information content (AvgIpc) is 3.42. The van der Waals surface area contributed by atoms with Crippen LogP contribution in [0.2, 0.25) is 0 Å². The van der Waals surface area contributed by atoms with Crippen LogP contribution in [-0.2, 0) is 19.4 Å². The van der Waals surface area contributed by atoms with Crippen molar-refractivity contribution < 1.29 is 9.53 Å². The first-order valence-corrected chi connectivity index (χ1v) is 12.5.